The van der Waals surface area contributed by atoms with Crippen LogP contribution in [0.25, 0.3) is 11.7 Å². The molecule has 0 bridgehead atoms. The Kier molecular flexibility index (Phi) is 10.9. The van der Waals surface area contributed by atoms with Crippen LogP contribution >= 0.6 is 0 Å². The van der Waals surface area contributed by atoms with Gasteiger partial charge in [0.15, 0.2) is 0 Å². The van der Waals surface area contributed by atoms with Crippen LogP contribution in [-0.2, 0) is 16.0 Å². The van der Waals surface area contributed by atoms with Crippen molar-refractivity contribution in [2.75, 3.05) is 11.9 Å². The van der Waals surface area contributed by atoms with Gasteiger partial charge >= 0.3 is 0 Å². The summed E-state index contributed by atoms with van der Waals surface area (Å²) in [6, 6.07) is 3.97. The normalized spacial score (nSPS) is 12.4. The number of hydrogen-bond donors (Lipinski definition) is 4. The molecular weight excluding hydrogens is 418 g/mol. The molecule has 0 radical (unpaired) electrons. The Balaban J connectivity index is 2.14. The van der Waals surface area contributed by atoms with Crippen molar-refractivity contribution in [2.24, 2.45) is 5.92 Å². The minimum Gasteiger partial charge on any atom is -0.369 e. The number of amides is 2. The van der Waals surface area contributed by atoms with Gasteiger partial charge in [-0.2, -0.15) is 0 Å². The van der Waals surface area contributed by atoms with Crippen LogP contribution in [0.3, 0.4) is 0 Å². The predicted octanol–water partition coefficient (Wildman–Crippen LogP) is 4.33. The number of carbonyl (C=O) groups excluding carboxylic acids is 2. The number of nitrogens with zero attached hydrogens (tertiary/aromatic N) is 2. The summed E-state index contributed by atoms with van der Waals surface area (Å²) in [5.41, 5.74) is 4.14. The van der Waals surface area contributed by atoms with Gasteiger partial charge in [-0.15, -0.1) is 0 Å². The quantitative estimate of drug-likeness (QED) is 0.146. The lowest BCUT2D eigenvalue weighted by molar-refractivity contribution is -0.124. The van der Waals surface area contributed by atoms with Crippen molar-refractivity contribution in [3.63, 3.8) is 0 Å². The first-order valence-corrected chi connectivity index (χ1v) is 12.1. The minimum atomic E-state index is -0.585. The highest BCUT2D eigenvalue weighted by molar-refractivity contribution is 5.91. The van der Waals surface area contributed by atoms with E-state index in [0.717, 1.165) is 48.4 Å². The van der Waals surface area contributed by atoms with E-state index in [1.165, 1.54) is 18.9 Å². The third-order valence-corrected chi connectivity index (χ3v) is 5.76. The molecule has 0 fully saturated rings. The van der Waals surface area contributed by atoms with Crippen molar-refractivity contribution < 1.29 is 14.8 Å². The molecule has 4 N–H and O–H groups in total. The zero-order chi connectivity index (χ0) is 24.2. The van der Waals surface area contributed by atoms with Gasteiger partial charge in [-0.25, -0.2) is 10.5 Å². The van der Waals surface area contributed by atoms with Gasteiger partial charge in [-0.3, -0.25) is 19.2 Å². The Morgan fingerprint density at radius 2 is 2.00 bits per heavy atom. The largest absolute Gasteiger partial charge is 0.369 e. The van der Waals surface area contributed by atoms with E-state index in [2.05, 4.69) is 38.3 Å². The van der Waals surface area contributed by atoms with E-state index in [4.69, 9.17) is 10.2 Å². The van der Waals surface area contributed by atoms with Crippen LogP contribution in [-0.4, -0.2) is 39.0 Å². The Labute approximate surface area is 196 Å². The van der Waals surface area contributed by atoms with Gasteiger partial charge in [0.05, 0.1) is 5.69 Å². The number of carbonyl (C=O) groups is 2. The number of hydrogen-bond acceptors (Lipinski definition) is 5. The number of hydroxylamine groups is 1. The summed E-state index contributed by atoms with van der Waals surface area (Å²) in [5.74, 6) is 0.787. The number of aromatic nitrogens is 2. The van der Waals surface area contributed by atoms with Gasteiger partial charge in [0.1, 0.15) is 11.5 Å². The maximum atomic E-state index is 12.4. The first kappa shape index (κ1) is 26.4. The van der Waals surface area contributed by atoms with Crippen molar-refractivity contribution in [1.82, 2.24) is 20.2 Å². The Hall–Kier alpha value is -2.87. The summed E-state index contributed by atoms with van der Waals surface area (Å²) in [6.45, 7) is 9.04. The molecule has 2 aromatic heterocycles. The van der Waals surface area contributed by atoms with Gasteiger partial charge in [-0.05, 0) is 49.0 Å². The summed E-state index contributed by atoms with van der Waals surface area (Å²) >= 11 is 0. The molecule has 2 heterocycles. The number of unbranched alkanes of at least 4 members (excludes halogenated alkanes) is 3. The molecule has 1 atom stereocenters. The molecule has 182 valence electrons. The lowest BCUT2D eigenvalue weighted by atomic mass is 10.0. The van der Waals surface area contributed by atoms with Crippen LogP contribution in [0.2, 0.25) is 0 Å². The molecule has 2 amide bonds. The molecule has 0 saturated carbocycles. The molecule has 0 aliphatic carbocycles. The van der Waals surface area contributed by atoms with Crippen LogP contribution in [0.15, 0.2) is 24.4 Å². The molecule has 0 saturated heterocycles. The predicted molar refractivity (Wildman–Crippen MR) is 132 cm³/mol. The SMILES string of the molecule is CCCCCCc1nc2cc(/C=C/C(=O)NO)ccn2c1NCCC(=O)N[C@H](CC)C(C)C. The van der Waals surface area contributed by atoms with E-state index >= 15 is 0 Å². The number of pyridine rings is 1. The molecule has 0 spiro atoms. The second-order valence-electron chi connectivity index (χ2n) is 8.72. The van der Waals surface area contributed by atoms with Crippen molar-refractivity contribution in [3.05, 3.63) is 35.7 Å². The van der Waals surface area contributed by atoms with E-state index in [1.807, 2.05) is 22.7 Å². The van der Waals surface area contributed by atoms with Gasteiger partial charge < -0.3 is 10.6 Å². The highest BCUT2D eigenvalue weighted by atomic mass is 16.5. The number of nitrogens with one attached hydrogen (secondary N) is 3. The molecule has 2 aromatic rings. The van der Waals surface area contributed by atoms with Crippen LogP contribution in [0, 0.1) is 5.92 Å². The van der Waals surface area contributed by atoms with Gasteiger partial charge in [0.25, 0.3) is 5.91 Å². The summed E-state index contributed by atoms with van der Waals surface area (Å²) < 4.78 is 1.99. The molecule has 8 heteroatoms. The van der Waals surface area contributed by atoms with E-state index in [1.54, 1.807) is 11.6 Å². The first-order chi connectivity index (χ1) is 15.9. The smallest absolute Gasteiger partial charge is 0.267 e. The third kappa shape index (κ3) is 8.20. The highest BCUT2D eigenvalue weighted by Gasteiger charge is 2.15. The second-order valence-corrected chi connectivity index (χ2v) is 8.72. The minimum absolute atomic E-state index is 0.0518. The highest BCUT2D eigenvalue weighted by Crippen LogP contribution is 2.22. The van der Waals surface area contributed by atoms with Crippen molar-refractivity contribution in [1.29, 1.82) is 0 Å². The van der Waals surface area contributed by atoms with Gasteiger partial charge in [-0.1, -0.05) is 47.0 Å². The zero-order valence-electron chi connectivity index (χ0n) is 20.4. The van der Waals surface area contributed by atoms with Crippen LogP contribution < -0.4 is 16.1 Å². The molecule has 33 heavy (non-hydrogen) atoms. The number of fused-ring (bicyclic) bond motifs is 1. The first-order valence-electron chi connectivity index (χ1n) is 12.1. The molecular formula is C25H39N5O3. The maximum Gasteiger partial charge on any atom is 0.267 e. The van der Waals surface area contributed by atoms with E-state index in [-0.39, 0.29) is 11.9 Å². The van der Waals surface area contributed by atoms with Crippen LogP contribution in [0.1, 0.15) is 77.5 Å². The van der Waals surface area contributed by atoms with E-state index < -0.39 is 5.91 Å². The zero-order valence-corrected chi connectivity index (χ0v) is 20.4. The van der Waals surface area contributed by atoms with Crippen LogP contribution in [0.4, 0.5) is 5.82 Å². The number of anilines is 1. The summed E-state index contributed by atoms with van der Waals surface area (Å²) in [7, 11) is 0. The van der Waals surface area contributed by atoms with Crippen molar-refractivity contribution >= 4 is 29.4 Å². The fraction of sp³-hybridized carbons (Fsp3) is 0.560. The third-order valence-electron chi connectivity index (χ3n) is 5.76. The van der Waals surface area contributed by atoms with E-state index in [9.17, 15) is 9.59 Å². The summed E-state index contributed by atoms with van der Waals surface area (Å²) in [5, 5.41) is 15.2. The van der Waals surface area contributed by atoms with Crippen LogP contribution in [0.5, 0.6) is 0 Å². The second kappa shape index (κ2) is 13.6. The molecule has 0 aliphatic rings. The lowest BCUT2D eigenvalue weighted by Crippen LogP contribution is -2.38. The van der Waals surface area contributed by atoms with E-state index in [0.29, 0.717) is 18.9 Å². The Morgan fingerprint density at radius 3 is 2.67 bits per heavy atom. The van der Waals surface area contributed by atoms with Crippen molar-refractivity contribution in [2.45, 2.75) is 78.7 Å². The average molecular weight is 458 g/mol. The Bertz CT molecular complexity index is 936. The Morgan fingerprint density at radius 1 is 1.21 bits per heavy atom. The number of aryl methyl sites for hydroxylation is 1. The fourth-order valence-corrected chi connectivity index (χ4v) is 3.82. The average Bonchev–Trinajstić information content (AvgIpc) is 3.15. The summed E-state index contributed by atoms with van der Waals surface area (Å²) in [4.78, 5) is 28.5. The maximum absolute atomic E-state index is 12.4. The fourth-order valence-electron chi connectivity index (χ4n) is 3.82. The number of rotatable bonds is 14. The molecule has 2 rings (SSSR count). The standard InChI is InChI=1S/C25H39N5O3/c1-5-7-8-9-10-21-25(26-15-13-23(31)28-20(6-2)18(3)4)30-16-14-19(17-22(30)27-21)11-12-24(32)29-33/h11-12,14,16-18,20,26,33H,5-10,13,15H2,1-4H3,(H,28,31)(H,29,32)/b12-11+/t20-/m1/s1. The topological polar surface area (TPSA) is 108 Å². The molecule has 0 aliphatic heterocycles. The van der Waals surface area contributed by atoms with Gasteiger partial charge in [0.2, 0.25) is 5.91 Å². The monoisotopic (exact) mass is 457 g/mol. The molecule has 0 unspecified atom stereocenters. The van der Waals surface area contributed by atoms with Crippen molar-refractivity contribution in [3.8, 4) is 0 Å². The van der Waals surface area contributed by atoms with Gasteiger partial charge in [0, 0.05) is 31.3 Å². The summed E-state index contributed by atoms with van der Waals surface area (Å²) in [6.07, 6.45) is 11.6. The molecule has 8 nitrogen and oxygen atoms in total. The molecule has 0 aromatic carbocycles. The number of imidazole rings is 1. The lowest BCUT2D eigenvalue weighted by Gasteiger charge is -2.20.